The van der Waals surface area contributed by atoms with Crippen LogP contribution in [-0.4, -0.2) is 57.2 Å². The van der Waals surface area contributed by atoms with Gasteiger partial charge in [0.15, 0.2) is 0 Å². The summed E-state index contributed by atoms with van der Waals surface area (Å²) in [6.07, 6.45) is 4.67. The largest absolute Gasteiger partial charge is 0.392 e. The Hall–Kier alpha value is -1.93. The van der Waals surface area contributed by atoms with Crippen LogP contribution < -0.4 is 5.73 Å². The van der Waals surface area contributed by atoms with E-state index < -0.39 is 23.5 Å². The fraction of sp³-hybridized carbons (Fsp3) is 0.667. The zero-order valence-corrected chi connectivity index (χ0v) is 21.4. The minimum atomic E-state index is -1.10. The van der Waals surface area contributed by atoms with Gasteiger partial charge in [-0.25, -0.2) is 0 Å². The summed E-state index contributed by atoms with van der Waals surface area (Å²) in [6.45, 7) is 10.9. The molecule has 1 saturated heterocycles. The molecule has 0 amide bonds. The fourth-order valence-electron chi connectivity index (χ4n) is 4.67. The number of ketones is 1. The highest BCUT2D eigenvalue weighted by Gasteiger charge is 2.55. The molecule has 7 unspecified atom stereocenters. The summed E-state index contributed by atoms with van der Waals surface area (Å²) in [7, 11) is 0. The normalized spacial score (nSPS) is 25.2. The van der Waals surface area contributed by atoms with Crippen LogP contribution in [0.1, 0.15) is 72.9 Å². The zero-order chi connectivity index (χ0) is 25.7. The number of carbonyl (C=O) groups excluding carboxylic acids is 2. The summed E-state index contributed by atoms with van der Waals surface area (Å²) in [6, 6.07) is 5.53. The molecule has 0 saturated carbocycles. The predicted molar refractivity (Wildman–Crippen MR) is 133 cm³/mol. The minimum Gasteiger partial charge on any atom is -0.392 e. The molecule has 2 rings (SSSR count). The van der Waals surface area contributed by atoms with Gasteiger partial charge in [0.25, 0.3) is 0 Å². The molecule has 7 nitrogen and oxygen atoms in total. The van der Waals surface area contributed by atoms with Gasteiger partial charge in [-0.15, -0.1) is 0 Å². The Morgan fingerprint density at radius 2 is 2.00 bits per heavy atom. The Balaban J connectivity index is 1.85. The third kappa shape index (κ3) is 6.81. The van der Waals surface area contributed by atoms with Gasteiger partial charge in [0.05, 0.1) is 35.0 Å². The molecule has 0 spiro atoms. The van der Waals surface area contributed by atoms with Gasteiger partial charge < -0.3 is 25.5 Å². The number of Topliss-reactive ketones (excluding diaryl/α,β-unsaturated/α-hetero) is 1. The average molecular weight is 475 g/mol. The molecule has 0 aromatic carbocycles. The molecule has 7 heteroatoms. The van der Waals surface area contributed by atoms with Crippen LogP contribution in [0, 0.1) is 17.3 Å². The van der Waals surface area contributed by atoms with Crippen molar-refractivity contribution in [1.82, 2.24) is 4.98 Å². The number of epoxide rings is 1. The van der Waals surface area contributed by atoms with Crippen molar-refractivity contribution in [2.45, 2.75) is 97.2 Å². The number of hydrogen-bond acceptors (Lipinski definition) is 7. The van der Waals surface area contributed by atoms with Gasteiger partial charge in [0.2, 0.25) is 0 Å². The summed E-state index contributed by atoms with van der Waals surface area (Å²) in [5.74, 6) is -0.974. The fourth-order valence-corrected chi connectivity index (χ4v) is 4.67. The number of aldehydes is 1. The third-order valence-corrected chi connectivity index (χ3v) is 7.49. The Bertz CT molecular complexity index is 856. The van der Waals surface area contributed by atoms with Crippen molar-refractivity contribution >= 4 is 18.1 Å². The number of nitrogens with zero attached hydrogens (tertiary/aromatic N) is 1. The van der Waals surface area contributed by atoms with Crippen LogP contribution in [0.5, 0.6) is 0 Å². The van der Waals surface area contributed by atoms with Crippen LogP contribution in [-0.2, 0) is 14.3 Å². The summed E-state index contributed by atoms with van der Waals surface area (Å²) < 4.78 is 5.99. The highest BCUT2D eigenvalue weighted by atomic mass is 16.6. The van der Waals surface area contributed by atoms with Gasteiger partial charge in [-0.05, 0) is 50.8 Å². The second-order valence-corrected chi connectivity index (χ2v) is 10.7. The number of nitrogens with two attached hydrogens (primary N) is 1. The van der Waals surface area contributed by atoms with Crippen molar-refractivity contribution < 1.29 is 24.5 Å². The highest BCUT2D eigenvalue weighted by molar-refractivity contribution is 5.87. The lowest BCUT2D eigenvalue weighted by Gasteiger charge is -2.34. The summed E-state index contributed by atoms with van der Waals surface area (Å²) in [5.41, 5.74) is 6.93. The van der Waals surface area contributed by atoms with E-state index in [-0.39, 0.29) is 35.9 Å². The first-order valence-corrected chi connectivity index (χ1v) is 12.2. The molecule has 2 heterocycles. The molecule has 0 radical (unpaired) electrons. The van der Waals surface area contributed by atoms with E-state index >= 15 is 0 Å². The standard InChI is InChI=1S/C27H42N2O5/c1-17(23(32)19(3)24(33)26(4,5)21(31)12-15-30)10-9-13-27(6)25(34-27)22(28)18(2)16-20-11-7-8-14-29-20/h7-8,11,14-17,19,21-23,25,31-32H,9-10,12-13,28H2,1-6H3/b18-16+. The van der Waals surface area contributed by atoms with Crippen LogP contribution >= 0.6 is 0 Å². The molecule has 0 bridgehead atoms. The molecular weight excluding hydrogens is 432 g/mol. The van der Waals surface area contributed by atoms with E-state index in [1.807, 2.05) is 38.1 Å². The van der Waals surface area contributed by atoms with E-state index in [1.165, 1.54) is 0 Å². The van der Waals surface area contributed by atoms with Crippen molar-refractivity contribution in [2.75, 3.05) is 0 Å². The number of pyridine rings is 1. The Morgan fingerprint density at radius 1 is 1.32 bits per heavy atom. The molecule has 1 aromatic heterocycles. The molecule has 4 N–H and O–H groups in total. The average Bonchev–Trinajstić information content (AvgIpc) is 3.48. The van der Waals surface area contributed by atoms with Gasteiger partial charge in [-0.1, -0.05) is 45.8 Å². The quantitative estimate of drug-likeness (QED) is 0.279. The predicted octanol–water partition coefficient (Wildman–Crippen LogP) is 3.32. The SMILES string of the molecule is C/C(=C\c1ccccn1)C(N)C1OC1(C)CCCC(C)C(O)C(C)C(=O)C(C)(C)C(O)CC=O. The molecule has 34 heavy (non-hydrogen) atoms. The Labute approximate surface area is 203 Å². The maximum Gasteiger partial charge on any atom is 0.146 e. The van der Waals surface area contributed by atoms with Crippen molar-refractivity contribution in [2.24, 2.45) is 23.0 Å². The first kappa shape index (κ1) is 28.3. The molecule has 0 aliphatic carbocycles. The van der Waals surface area contributed by atoms with Crippen molar-refractivity contribution in [3.63, 3.8) is 0 Å². The molecule has 1 aromatic rings. The molecule has 7 atom stereocenters. The van der Waals surface area contributed by atoms with Crippen molar-refractivity contribution in [1.29, 1.82) is 0 Å². The Morgan fingerprint density at radius 3 is 2.59 bits per heavy atom. The number of aliphatic hydroxyl groups excluding tert-OH is 2. The minimum absolute atomic E-state index is 0.0618. The van der Waals surface area contributed by atoms with Crippen molar-refractivity contribution in [3.8, 4) is 0 Å². The van der Waals surface area contributed by atoms with E-state index in [1.54, 1.807) is 27.0 Å². The van der Waals surface area contributed by atoms with Gasteiger partial charge in [-0.3, -0.25) is 9.78 Å². The van der Waals surface area contributed by atoms with Crippen LogP contribution in [0.25, 0.3) is 6.08 Å². The lowest BCUT2D eigenvalue weighted by atomic mass is 9.73. The molecule has 190 valence electrons. The summed E-state index contributed by atoms with van der Waals surface area (Å²) >= 11 is 0. The number of aliphatic hydroxyl groups is 2. The molecule has 1 aliphatic heterocycles. The monoisotopic (exact) mass is 474 g/mol. The van der Waals surface area contributed by atoms with Crippen LogP contribution in [0.15, 0.2) is 30.0 Å². The topological polar surface area (TPSA) is 126 Å². The van der Waals surface area contributed by atoms with E-state index in [0.29, 0.717) is 6.29 Å². The van der Waals surface area contributed by atoms with Gasteiger partial charge in [0.1, 0.15) is 18.2 Å². The first-order chi connectivity index (χ1) is 15.8. The van der Waals surface area contributed by atoms with Crippen LogP contribution in [0.2, 0.25) is 0 Å². The Kier molecular flexibility index (Phi) is 9.71. The van der Waals surface area contributed by atoms with Gasteiger partial charge in [-0.2, -0.15) is 0 Å². The maximum atomic E-state index is 12.9. The summed E-state index contributed by atoms with van der Waals surface area (Å²) in [5, 5.41) is 21.0. The van der Waals surface area contributed by atoms with E-state index in [0.717, 1.165) is 30.5 Å². The van der Waals surface area contributed by atoms with Crippen LogP contribution in [0.4, 0.5) is 0 Å². The second-order valence-electron chi connectivity index (χ2n) is 10.7. The molecule has 1 fully saturated rings. The molecular formula is C27H42N2O5. The third-order valence-electron chi connectivity index (χ3n) is 7.49. The molecule has 1 aliphatic rings. The zero-order valence-electron chi connectivity index (χ0n) is 21.4. The van der Waals surface area contributed by atoms with Crippen molar-refractivity contribution in [3.05, 3.63) is 35.7 Å². The number of ether oxygens (including phenoxy) is 1. The number of carbonyl (C=O) groups is 2. The van der Waals surface area contributed by atoms with Gasteiger partial charge in [0, 0.05) is 18.5 Å². The lowest BCUT2D eigenvalue weighted by molar-refractivity contribution is -0.142. The van der Waals surface area contributed by atoms with Crippen LogP contribution in [0.3, 0.4) is 0 Å². The first-order valence-electron chi connectivity index (χ1n) is 12.2. The smallest absolute Gasteiger partial charge is 0.146 e. The number of aromatic nitrogens is 1. The number of hydrogen-bond donors (Lipinski definition) is 3. The van der Waals surface area contributed by atoms with E-state index in [2.05, 4.69) is 11.9 Å². The highest BCUT2D eigenvalue weighted by Crippen LogP contribution is 2.44. The number of rotatable bonds is 14. The van der Waals surface area contributed by atoms with E-state index in [9.17, 15) is 19.8 Å². The van der Waals surface area contributed by atoms with Gasteiger partial charge >= 0.3 is 0 Å². The van der Waals surface area contributed by atoms with E-state index in [4.69, 9.17) is 10.5 Å². The second kappa shape index (κ2) is 11.7. The summed E-state index contributed by atoms with van der Waals surface area (Å²) in [4.78, 5) is 28.0. The lowest BCUT2D eigenvalue weighted by Crippen LogP contribution is -2.44. The maximum absolute atomic E-state index is 12.9.